The number of aromatic amines is 1. The van der Waals surface area contributed by atoms with Gasteiger partial charge in [-0.05, 0) is 70.6 Å². The quantitative estimate of drug-likeness (QED) is 0.515. The van der Waals surface area contributed by atoms with Crippen LogP contribution in [0.2, 0.25) is 0 Å². The molecule has 1 aliphatic carbocycles. The molecule has 1 saturated carbocycles. The number of benzene rings is 1. The standard InChI is InChI=1S/C27H37N5O4/c1-17-23(18(2)30-29-17)19-12-14-21(15-13-19)28-25(34)24(20-9-6-5-7-10-20)32(27(3,4)36)26(35)31-16-8-11-22(31)33/h12-15,20,24,36H,5-11,16H2,1-4H3,(H,28,34)(H,29,30)/t24-/m0/s1. The monoisotopic (exact) mass is 495 g/mol. The molecule has 2 heterocycles. The van der Waals surface area contributed by atoms with Crippen molar-refractivity contribution in [3.8, 4) is 11.1 Å². The second-order valence-corrected chi connectivity index (χ2v) is 10.5. The lowest BCUT2D eigenvalue weighted by Gasteiger charge is -2.44. The van der Waals surface area contributed by atoms with Gasteiger partial charge < -0.3 is 10.4 Å². The first-order valence-electron chi connectivity index (χ1n) is 12.9. The molecule has 9 heteroatoms. The number of likely N-dealkylation sites (tertiary alicyclic amines) is 1. The number of carbonyl (C=O) groups is 3. The Labute approximate surface area is 212 Å². The summed E-state index contributed by atoms with van der Waals surface area (Å²) >= 11 is 0. The number of rotatable bonds is 6. The molecule has 0 unspecified atom stereocenters. The number of imide groups is 1. The highest BCUT2D eigenvalue weighted by atomic mass is 16.3. The first-order valence-corrected chi connectivity index (χ1v) is 12.9. The Morgan fingerprint density at radius 2 is 1.81 bits per heavy atom. The second kappa shape index (κ2) is 10.4. The van der Waals surface area contributed by atoms with Crippen molar-refractivity contribution in [2.75, 3.05) is 11.9 Å². The highest BCUT2D eigenvalue weighted by Crippen LogP contribution is 2.34. The van der Waals surface area contributed by atoms with Crippen LogP contribution in [0.4, 0.5) is 10.5 Å². The van der Waals surface area contributed by atoms with Crippen LogP contribution >= 0.6 is 0 Å². The summed E-state index contributed by atoms with van der Waals surface area (Å²) in [5.74, 6) is -0.729. The molecule has 3 N–H and O–H groups in total. The van der Waals surface area contributed by atoms with E-state index in [1.165, 1.54) is 23.6 Å². The molecule has 1 aliphatic heterocycles. The first-order chi connectivity index (χ1) is 17.1. The minimum absolute atomic E-state index is 0.109. The van der Waals surface area contributed by atoms with Gasteiger partial charge in [-0.3, -0.25) is 24.5 Å². The molecule has 36 heavy (non-hydrogen) atoms. The van der Waals surface area contributed by atoms with Crippen molar-refractivity contribution >= 4 is 23.5 Å². The number of aliphatic hydroxyl groups is 1. The normalized spacial score (nSPS) is 17.8. The molecule has 0 radical (unpaired) electrons. The van der Waals surface area contributed by atoms with Crippen molar-refractivity contribution in [2.45, 2.75) is 84.4 Å². The summed E-state index contributed by atoms with van der Waals surface area (Å²) in [7, 11) is 0. The van der Waals surface area contributed by atoms with Gasteiger partial charge in [0.25, 0.3) is 0 Å². The third-order valence-corrected chi connectivity index (χ3v) is 7.31. The number of carbonyl (C=O) groups excluding carboxylic acids is 3. The third kappa shape index (κ3) is 5.31. The van der Waals surface area contributed by atoms with Crippen molar-refractivity contribution in [3.05, 3.63) is 35.7 Å². The van der Waals surface area contributed by atoms with Gasteiger partial charge >= 0.3 is 6.03 Å². The summed E-state index contributed by atoms with van der Waals surface area (Å²) in [5.41, 5.74) is 2.86. The molecular weight excluding hydrogens is 458 g/mol. The molecule has 9 nitrogen and oxygen atoms in total. The molecule has 4 amide bonds. The molecule has 2 fully saturated rings. The van der Waals surface area contributed by atoms with Crippen molar-refractivity contribution in [1.82, 2.24) is 20.0 Å². The molecule has 1 aromatic heterocycles. The van der Waals surface area contributed by atoms with E-state index in [2.05, 4.69) is 15.5 Å². The topological polar surface area (TPSA) is 119 Å². The number of nitrogens with zero attached hydrogens (tertiary/aromatic N) is 3. The third-order valence-electron chi connectivity index (χ3n) is 7.31. The molecule has 1 aromatic carbocycles. The number of hydrogen-bond donors (Lipinski definition) is 3. The van der Waals surface area contributed by atoms with Gasteiger partial charge in [0, 0.05) is 29.9 Å². The Hall–Kier alpha value is -3.20. The fourth-order valence-electron chi connectivity index (χ4n) is 5.58. The van der Waals surface area contributed by atoms with E-state index >= 15 is 0 Å². The Morgan fingerprint density at radius 1 is 1.14 bits per heavy atom. The van der Waals surface area contributed by atoms with E-state index in [4.69, 9.17) is 0 Å². The SMILES string of the molecule is Cc1n[nH]c(C)c1-c1ccc(NC(=O)[C@H](C2CCCCC2)N(C(=O)N2CCCC2=O)C(C)(C)O)cc1. The number of H-pyrrole nitrogens is 1. The van der Waals surface area contributed by atoms with Crippen molar-refractivity contribution < 1.29 is 19.5 Å². The number of urea groups is 1. The molecule has 194 valence electrons. The molecule has 0 bridgehead atoms. The summed E-state index contributed by atoms with van der Waals surface area (Å²) in [6, 6.07) is 6.02. The maximum absolute atomic E-state index is 13.8. The summed E-state index contributed by atoms with van der Waals surface area (Å²) in [4.78, 5) is 42.1. The number of hydrogen-bond acceptors (Lipinski definition) is 5. The summed E-state index contributed by atoms with van der Waals surface area (Å²) in [6.45, 7) is 7.21. The molecular formula is C27H37N5O4. The maximum Gasteiger partial charge on any atom is 0.329 e. The number of nitrogens with one attached hydrogen (secondary N) is 2. The van der Waals surface area contributed by atoms with Gasteiger partial charge in [0.2, 0.25) is 11.8 Å². The molecule has 2 aliphatic rings. The van der Waals surface area contributed by atoms with Crippen molar-refractivity contribution in [2.24, 2.45) is 5.92 Å². The Morgan fingerprint density at radius 3 is 2.33 bits per heavy atom. The lowest BCUT2D eigenvalue weighted by atomic mass is 9.82. The Bertz CT molecular complexity index is 1090. The zero-order valence-electron chi connectivity index (χ0n) is 21.6. The number of anilines is 1. The van der Waals surface area contributed by atoms with Gasteiger partial charge in [0.05, 0.1) is 5.69 Å². The predicted octanol–water partition coefficient (Wildman–Crippen LogP) is 4.35. The van der Waals surface area contributed by atoms with Crippen LogP contribution in [0.15, 0.2) is 24.3 Å². The van der Waals surface area contributed by atoms with Gasteiger partial charge in [0.15, 0.2) is 0 Å². The van der Waals surface area contributed by atoms with Crippen LogP contribution < -0.4 is 5.32 Å². The van der Waals surface area contributed by atoms with Gasteiger partial charge in [0.1, 0.15) is 11.8 Å². The van der Waals surface area contributed by atoms with Crippen LogP contribution in [0, 0.1) is 19.8 Å². The second-order valence-electron chi connectivity index (χ2n) is 10.5. The lowest BCUT2D eigenvalue weighted by Crippen LogP contribution is -2.63. The molecule has 0 spiro atoms. The van der Waals surface area contributed by atoms with Gasteiger partial charge in [-0.2, -0.15) is 5.10 Å². The van der Waals surface area contributed by atoms with Crippen LogP contribution in [0.5, 0.6) is 0 Å². The van der Waals surface area contributed by atoms with Crippen LogP contribution in [0.3, 0.4) is 0 Å². The highest BCUT2D eigenvalue weighted by Gasteiger charge is 2.46. The van der Waals surface area contributed by atoms with E-state index in [-0.39, 0.29) is 17.7 Å². The van der Waals surface area contributed by atoms with Crippen molar-refractivity contribution in [3.63, 3.8) is 0 Å². The molecule has 2 aromatic rings. The van der Waals surface area contributed by atoms with Crippen molar-refractivity contribution in [1.29, 1.82) is 0 Å². The average Bonchev–Trinajstić information content (AvgIpc) is 3.41. The largest absolute Gasteiger partial charge is 0.371 e. The van der Waals surface area contributed by atoms with Crippen LogP contribution in [-0.2, 0) is 9.59 Å². The van der Waals surface area contributed by atoms with E-state index in [1.807, 2.05) is 38.1 Å². The molecule has 4 rings (SSSR count). The van der Waals surface area contributed by atoms with E-state index < -0.39 is 17.8 Å². The number of aryl methyl sites for hydroxylation is 2. The molecule has 1 saturated heterocycles. The number of amides is 4. The van der Waals surface area contributed by atoms with E-state index in [0.29, 0.717) is 25.1 Å². The minimum Gasteiger partial charge on any atom is -0.371 e. The fraction of sp³-hybridized carbons (Fsp3) is 0.556. The Balaban J connectivity index is 1.62. The minimum atomic E-state index is -1.63. The summed E-state index contributed by atoms with van der Waals surface area (Å²) < 4.78 is 0. The molecule has 1 atom stereocenters. The van der Waals surface area contributed by atoms with E-state index in [9.17, 15) is 19.5 Å². The first kappa shape index (κ1) is 25.9. The number of aromatic nitrogens is 2. The predicted molar refractivity (Wildman–Crippen MR) is 137 cm³/mol. The van der Waals surface area contributed by atoms with E-state index in [0.717, 1.165) is 54.6 Å². The van der Waals surface area contributed by atoms with Gasteiger partial charge in [-0.1, -0.05) is 31.4 Å². The maximum atomic E-state index is 13.8. The van der Waals surface area contributed by atoms with Gasteiger partial charge in [-0.25, -0.2) is 4.79 Å². The fourth-order valence-corrected chi connectivity index (χ4v) is 5.58. The summed E-state index contributed by atoms with van der Waals surface area (Å²) in [6.07, 6.45) is 5.46. The summed E-state index contributed by atoms with van der Waals surface area (Å²) in [5, 5.41) is 21.3. The average molecular weight is 496 g/mol. The van der Waals surface area contributed by atoms with E-state index in [1.54, 1.807) is 0 Å². The smallest absolute Gasteiger partial charge is 0.329 e. The zero-order valence-corrected chi connectivity index (χ0v) is 21.6. The van der Waals surface area contributed by atoms with Crippen LogP contribution in [-0.4, -0.2) is 61.3 Å². The zero-order chi connectivity index (χ0) is 26.0. The Kier molecular flexibility index (Phi) is 7.49. The van der Waals surface area contributed by atoms with Crippen LogP contribution in [0.25, 0.3) is 11.1 Å². The van der Waals surface area contributed by atoms with Crippen LogP contribution in [0.1, 0.15) is 70.2 Å². The van der Waals surface area contributed by atoms with Gasteiger partial charge in [-0.15, -0.1) is 0 Å². The highest BCUT2D eigenvalue weighted by molar-refractivity contribution is 6.01. The lowest BCUT2D eigenvalue weighted by molar-refractivity contribution is -0.139.